The second-order valence-electron chi connectivity index (χ2n) is 6.35. The summed E-state index contributed by atoms with van der Waals surface area (Å²) < 4.78 is 31.1. The van der Waals surface area contributed by atoms with Gasteiger partial charge in [-0.1, -0.05) is 29.5 Å². The van der Waals surface area contributed by atoms with Gasteiger partial charge < -0.3 is 8.98 Å². The number of carbonyl (C=O) groups is 1. The molecule has 30 heavy (non-hydrogen) atoms. The molecule has 2 N–H and O–H groups in total. The number of fused-ring (bicyclic) bond motifs is 2. The summed E-state index contributed by atoms with van der Waals surface area (Å²) in [5.74, 6) is -0.916. The minimum absolute atomic E-state index is 0.0413. The molecule has 0 aliphatic rings. The number of sulfonamides is 1. The van der Waals surface area contributed by atoms with Crippen LogP contribution >= 0.6 is 11.3 Å². The molecule has 2 heterocycles. The second-order valence-corrected chi connectivity index (χ2v) is 8.92. The van der Waals surface area contributed by atoms with Gasteiger partial charge in [-0.3, -0.25) is 9.59 Å². The van der Waals surface area contributed by atoms with Crippen LogP contribution in [0.2, 0.25) is 0 Å². The number of nitrogens with zero attached hydrogens (tertiary/aromatic N) is 2. The van der Waals surface area contributed by atoms with Crippen molar-refractivity contribution in [2.75, 3.05) is 0 Å². The molecular weight excluding hydrogens is 426 g/mol. The number of primary sulfonamides is 1. The molecule has 0 atom stereocenters. The smallest absolute Gasteiger partial charge is 0.315 e. The summed E-state index contributed by atoms with van der Waals surface area (Å²) in [6.07, 6.45) is 1.62. The molecule has 0 spiro atoms. The molecule has 8 nitrogen and oxygen atoms in total. The maximum Gasteiger partial charge on any atom is 0.315 e. The topological polar surface area (TPSA) is 125 Å². The predicted molar refractivity (Wildman–Crippen MR) is 114 cm³/mol. The van der Waals surface area contributed by atoms with E-state index in [2.05, 4.69) is 11.6 Å². The lowest BCUT2D eigenvalue weighted by Crippen LogP contribution is -2.17. The van der Waals surface area contributed by atoms with Crippen molar-refractivity contribution >= 4 is 48.5 Å². The number of benzene rings is 2. The molecule has 10 heteroatoms. The summed E-state index contributed by atoms with van der Waals surface area (Å²) in [7, 11) is -3.87. The second kappa shape index (κ2) is 7.48. The van der Waals surface area contributed by atoms with Gasteiger partial charge in [0.05, 0.1) is 20.5 Å². The van der Waals surface area contributed by atoms with Gasteiger partial charge in [0.15, 0.2) is 16.0 Å². The number of aromatic nitrogens is 1. The third-order valence-electron chi connectivity index (χ3n) is 4.34. The van der Waals surface area contributed by atoms with Crippen molar-refractivity contribution in [2.24, 2.45) is 10.1 Å². The number of hydrogen-bond acceptors (Lipinski definition) is 6. The van der Waals surface area contributed by atoms with Gasteiger partial charge in [0.25, 0.3) is 0 Å². The predicted octanol–water partition coefficient (Wildman–Crippen LogP) is 2.38. The lowest BCUT2D eigenvalue weighted by Gasteiger charge is -2.02. The molecule has 0 saturated heterocycles. The molecule has 0 saturated carbocycles. The van der Waals surface area contributed by atoms with E-state index in [1.165, 1.54) is 12.1 Å². The highest BCUT2D eigenvalue weighted by Crippen LogP contribution is 2.21. The quantitative estimate of drug-likeness (QED) is 0.487. The zero-order chi connectivity index (χ0) is 21.5. The number of nitrogens with two attached hydrogens (primary N) is 1. The Bertz CT molecular complexity index is 1560. The van der Waals surface area contributed by atoms with Crippen molar-refractivity contribution in [1.29, 1.82) is 0 Å². The third kappa shape index (κ3) is 3.63. The highest BCUT2D eigenvalue weighted by atomic mass is 32.2. The first-order chi connectivity index (χ1) is 14.3. The number of allylic oxidation sites excluding steroid dienone is 1. The summed E-state index contributed by atoms with van der Waals surface area (Å²) in [4.78, 5) is 29.3. The fourth-order valence-electron chi connectivity index (χ4n) is 2.97. The first-order valence-electron chi connectivity index (χ1n) is 8.67. The van der Waals surface area contributed by atoms with Crippen molar-refractivity contribution in [3.63, 3.8) is 0 Å². The van der Waals surface area contributed by atoms with Crippen LogP contribution in [-0.4, -0.2) is 18.9 Å². The van der Waals surface area contributed by atoms with Crippen LogP contribution in [0.5, 0.6) is 0 Å². The number of carbonyl (C=O) groups excluding carboxylic acids is 1. The maximum absolute atomic E-state index is 12.7. The van der Waals surface area contributed by atoms with Crippen LogP contribution in [0, 0.1) is 0 Å². The Morgan fingerprint density at radius 2 is 2.00 bits per heavy atom. The maximum atomic E-state index is 12.7. The summed E-state index contributed by atoms with van der Waals surface area (Å²) in [6, 6.07) is 12.1. The van der Waals surface area contributed by atoms with Crippen molar-refractivity contribution in [3.05, 3.63) is 82.0 Å². The molecule has 0 unspecified atom stereocenters. The molecule has 152 valence electrons. The Morgan fingerprint density at radius 3 is 2.73 bits per heavy atom. The fraction of sp³-hybridized carbons (Fsp3) is 0.0500. The Labute approximate surface area is 174 Å². The van der Waals surface area contributed by atoms with E-state index >= 15 is 0 Å². The lowest BCUT2D eigenvalue weighted by molar-refractivity contribution is 0.0972. The molecule has 0 aliphatic heterocycles. The molecule has 0 aliphatic carbocycles. The first kappa shape index (κ1) is 20.0. The molecular formula is C20H15N3O5S2. The standard InChI is InChI=1S/C20H15N3O5S2/c1-2-9-23-14-8-7-12(30(21,26)27)10-18(14)29-20(23)22-19(25)17-11-15(24)13-5-3-4-6-16(13)28-17/h2-8,10-11H,1,9H2,(H2,21,26,27). The summed E-state index contributed by atoms with van der Waals surface area (Å²) >= 11 is 1.11. The lowest BCUT2D eigenvalue weighted by atomic mass is 10.2. The van der Waals surface area contributed by atoms with Gasteiger partial charge >= 0.3 is 5.91 Å². The monoisotopic (exact) mass is 441 g/mol. The molecule has 4 rings (SSSR count). The molecule has 1 amide bonds. The van der Waals surface area contributed by atoms with Crippen molar-refractivity contribution in [2.45, 2.75) is 11.4 Å². The zero-order valence-electron chi connectivity index (χ0n) is 15.4. The Balaban J connectivity index is 1.89. The highest BCUT2D eigenvalue weighted by molar-refractivity contribution is 7.89. The highest BCUT2D eigenvalue weighted by Gasteiger charge is 2.15. The van der Waals surface area contributed by atoms with Gasteiger partial charge in [-0.25, -0.2) is 13.6 Å². The van der Waals surface area contributed by atoms with Crippen LogP contribution in [-0.2, 0) is 16.6 Å². The summed E-state index contributed by atoms with van der Waals surface area (Å²) in [5, 5.41) is 5.57. The Hall–Kier alpha value is -3.34. The molecule has 0 fully saturated rings. The number of amides is 1. The minimum Gasteiger partial charge on any atom is -0.451 e. The van der Waals surface area contributed by atoms with E-state index in [9.17, 15) is 18.0 Å². The zero-order valence-corrected chi connectivity index (χ0v) is 17.1. The van der Waals surface area contributed by atoms with Crippen LogP contribution in [0.3, 0.4) is 0 Å². The molecule has 4 aromatic rings. The van der Waals surface area contributed by atoms with Gasteiger partial charge in [-0.05, 0) is 30.3 Å². The first-order valence-corrected chi connectivity index (χ1v) is 11.0. The number of hydrogen-bond donors (Lipinski definition) is 1. The van der Waals surface area contributed by atoms with E-state index in [0.717, 1.165) is 17.4 Å². The average Bonchev–Trinajstić information content (AvgIpc) is 3.04. The SMILES string of the molecule is C=CCn1c(=NC(=O)c2cc(=O)c3ccccc3o2)sc2cc(S(N)(=O)=O)ccc21. The molecule has 0 bridgehead atoms. The van der Waals surface area contributed by atoms with E-state index in [0.29, 0.717) is 26.9 Å². The minimum atomic E-state index is -3.87. The van der Waals surface area contributed by atoms with Crippen molar-refractivity contribution < 1.29 is 17.6 Å². The largest absolute Gasteiger partial charge is 0.451 e. The van der Waals surface area contributed by atoms with Gasteiger partial charge in [-0.2, -0.15) is 4.99 Å². The fourth-order valence-corrected chi connectivity index (χ4v) is 4.66. The van der Waals surface area contributed by atoms with Crippen LogP contribution in [0.25, 0.3) is 21.2 Å². The van der Waals surface area contributed by atoms with Gasteiger partial charge in [-0.15, -0.1) is 6.58 Å². The van der Waals surface area contributed by atoms with Gasteiger partial charge in [0.2, 0.25) is 10.0 Å². The molecule has 2 aromatic heterocycles. The Morgan fingerprint density at radius 1 is 1.23 bits per heavy atom. The van der Waals surface area contributed by atoms with Gasteiger partial charge in [0, 0.05) is 12.6 Å². The van der Waals surface area contributed by atoms with E-state index in [1.807, 2.05) is 0 Å². The Kier molecular flexibility index (Phi) is 4.98. The molecule has 0 radical (unpaired) electrons. The summed E-state index contributed by atoms with van der Waals surface area (Å²) in [6.45, 7) is 4.04. The van der Waals surface area contributed by atoms with E-state index in [-0.39, 0.29) is 21.7 Å². The number of thiazole rings is 1. The third-order valence-corrected chi connectivity index (χ3v) is 6.29. The van der Waals surface area contributed by atoms with Gasteiger partial charge in [0.1, 0.15) is 5.58 Å². The van der Waals surface area contributed by atoms with Crippen LogP contribution in [0.1, 0.15) is 10.6 Å². The normalized spacial score (nSPS) is 12.5. The van der Waals surface area contributed by atoms with Crippen LogP contribution in [0.4, 0.5) is 0 Å². The van der Waals surface area contributed by atoms with Crippen molar-refractivity contribution in [1.82, 2.24) is 4.57 Å². The van der Waals surface area contributed by atoms with Crippen molar-refractivity contribution in [3.8, 4) is 0 Å². The number of para-hydroxylation sites is 1. The molecule has 2 aromatic carbocycles. The number of rotatable bonds is 4. The van der Waals surface area contributed by atoms with Crippen LogP contribution in [0.15, 0.2) is 80.3 Å². The van der Waals surface area contributed by atoms with E-state index in [4.69, 9.17) is 9.56 Å². The van der Waals surface area contributed by atoms with E-state index in [1.54, 1.807) is 41.0 Å². The van der Waals surface area contributed by atoms with Crippen LogP contribution < -0.4 is 15.4 Å². The van der Waals surface area contributed by atoms with E-state index < -0.39 is 15.9 Å². The summed E-state index contributed by atoms with van der Waals surface area (Å²) in [5.41, 5.74) is 0.610. The average molecular weight is 441 g/mol.